The highest BCUT2D eigenvalue weighted by molar-refractivity contribution is 5.85. The fourth-order valence-electron chi connectivity index (χ4n) is 3.43. The minimum absolute atomic E-state index is 0.547. The number of aromatic amines is 1. The minimum Gasteiger partial charge on any atom is -0.357 e. The van der Waals surface area contributed by atoms with Crippen LogP contribution in [0.4, 0.5) is 0 Å². The van der Waals surface area contributed by atoms with Crippen molar-refractivity contribution in [1.82, 2.24) is 9.88 Å². The zero-order valence-electron chi connectivity index (χ0n) is 11.5. The molecule has 1 atom stereocenters. The lowest BCUT2D eigenvalue weighted by molar-refractivity contribution is 0.149. The fraction of sp³-hybridized carbons (Fsp3) is 0.500. The number of fused-ring (bicyclic) bond motifs is 3. The maximum absolute atomic E-state index is 3.67. The minimum atomic E-state index is 0.547. The summed E-state index contributed by atoms with van der Waals surface area (Å²) in [6.45, 7) is 9.25. The van der Waals surface area contributed by atoms with Crippen LogP contribution in [0.15, 0.2) is 24.3 Å². The van der Waals surface area contributed by atoms with Gasteiger partial charge >= 0.3 is 0 Å². The van der Waals surface area contributed by atoms with Crippen molar-refractivity contribution in [1.29, 1.82) is 0 Å². The number of aromatic nitrogens is 1. The molecule has 2 heteroatoms. The monoisotopic (exact) mass is 242 g/mol. The molecule has 3 rings (SSSR count). The molecule has 2 aromatic rings. The molecule has 1 aromatic carbocycles. The van der Waals surface area contributed by atoms with E-state index in [-0.39, 0.29) is 0 Å². The van der Waals surface area contributed by atoms with Gasteiger partial charge in [0.25, 0.3) is 0 Å². The second-order valence-corrected chi connectivity index (χ2v) is 5.63. The number of benzene rings is 1. The van der Waals surface area contributed by atoms with Gasteiger partial charge in [-0.2, -0.15) is 0 Å². The predicted octanol–water partition coefficient (Wildman–Crippen LogP) is 3.74. The molecule has 0 aliphatic carbocycles. The number of likely N-dealkylation sites (N-methyl/N-ethyl adjacent to an activating group) is 1. The van der Waals surface area contributed by atoms with E-state index in [1.54, 1.807) is 5.56 Å². The van der Waals surface area contributed by atoms with Crippen molar-refractivity contribution in [3.63, 3.8) is 0 Å². The Hall–Kier alpha value is -1.28. The second kappa shape index (κ2) is 4.43. The molecule has 0 saturated heterocycles. The topological polar surface area (TPSA) is 19.0 Å². The molecule has 1 aromatic heterocycles. The summed E-state index contributed by atoms with van der Waals surface area (Å²) >= 11 is 0. The first kappa shape index (κ1) is 11.8. The molecule has 96 valence electrons. The van der Waals surface area contributed by atoms with Crippen LogP contribution in [0.3, 0.4) is 0 Å². The van der Waals surface area contributed by atoms with E-state index in [0.29, 0.717) is 12.0 Å². The molecule has 1 aliphatic heterocycles. The SMILES string of the molecule is CCN1CCc2c([nH]c3ccccc23)C1C(C)C. The van der Waals surface area contributed by atoms with Crippen LogP contribution < -0.4 is 0 Å². The third kappa shape index (κ3) is 1.67. The molecule has 0 amide bonds. The van der Waals surface area contributed by atoms with Crippen LogP contribution in [0.5, 0.6) is 0 Å². The van der Waals surface area contributed by atoms with Crippen molar-refractivity contribution in [2.24, 2.45) is 5.92 Å². The Kier molecular flexibility index (Phi) is 2.90. The summed E-state index contributed by atoms with van der Waals surface area (Å²) in [6.07, 6.45) is 1.18. The standard InChI is InChI=1S/C16H22N2/c1-4-18-10-9-13-12-7-5-6-8-14(12)17-15(13)16(18)11(2)3/h5-8,11,16-17H,4,9-10H2,1-3H3. The van der Waals surface area contributed by atoms with E-state index in [2.05, 4.69) is 54.9 Å². The number of nitrogens with zero attached hydrogens (tertiary/aromatic N) is 1. The zero-order valence-corrected chi connectivity index (χ0v) is 11.5. The number of hydrogen-bond donors (Lipinski definition) is 1. The van der Waals surface area contributed by atoms with Gasteiger partial charge in [0.05, 0.1) is 6.04 Å². The number of para-hydroxylation sites is 1. The molecule has 1 unspecified atom stereocenters. The van der Waals surface area contributed by atoms with E-state index >= 15 is 0 Å². The van der Waals surface area contributed by atoms with Gasteiger partial charge in [-0.05, 0) is 30.5 Å². The van der Waals surface area contributed by atoms with Gasteiger partial charge in [-0.1, -0.05) is 39.0 Å². The third-order valence-corrected chi connectivity index (χ3v) is 4.22. The molecule has 2 nitrogen and oxygen atoms in total. The summed E-state index contributed by atoms with van der Waals surface area (Å²) in [5.41, 5.74) is 4.31. The van der Waals surface area contributed by atoms with Crippen LogP contribution in [-0.4, -0.2) is 23.0 Å². The Bertz CT molecular complexity index is 553. The molecule has 0 spiro atoms. The molecule has 0 saturated carbocycles. The predicted molar refractivity (Wildman–Crippen MR) is 76.8 cm³/mol. The summed E-state index contributed by atoms with van der Waals surface area (Å²) in [7, 11) is 0. The van der Waals surface area contributed by atoms with Gasteiger partial charge in [0, 0.05) is 23.1 Å². The van der Waals surface area contributed by atoms with Gasteiger partial charge in [0.15, 0.2) is 0 Å². The molecular formula is C16H22N2. The van der Waals surface area contributed by atoms with Gasteiger partial charge < -0.3 is 4.98 Å². The van der Waals surface area contributed by atoms with Gasteiger partial charge in [-0.15, -0.1) is 0 Å². The molecular weight excluding hydrogens is 220 g/mol. The molecule has 0 radical (unpaired) electrons. The summed E-state index contributed by atoms with van der Waals surface area (Å²) in [6, 6.07) is 9.26. The van der Waals surface area contributed by atoms with Crippen LogP contribution in [0.1, 0.15) is 38.1 Å². The molecule has 0 fully saturated rings. The van der Waals surface area contributed by atoms with Crippen molar-refractivity contribution in [2.75, 3.05) is 13.1 Å². The van der Waals surface area contributed by atoms with E-state index in [1.807, 2.05) is 0 Å². The second-order valence-electron chi connectivity index (χ2n) is 5.63. The summed E-state index contributed by atoms with van der Waals surface area (Å²) in [4.78, 5) is 6.27. The van der Waals surface area contributed by atoms with Gasteiger partial charge in [0.1, 0.15) is 0 Å². The van der Waals surface area contributed by atoms with Crippen molar-refractivity contribution >= 4 is 10.9 Å². The molecule has 0 bridgehead atoms. The molecule has 1 aliphatic rings. The summed E-state index contributed by atoms with van der Waals surface area (Å²) in [5.74, 6) is 0.650. The number of H-pyrrole nitrogens is 1. The zero-order chi connectivity index (χ0) is 12.7. The Balaban J connectivity index is 2.17. The van der Waals surface area contributed by atoms with Crippen molar-refractivity contribution in [3.05, 3.63) is 35.5 Å². The Morgan fingerprint density at radius 3 is 2.83 bits per heavy atom. The highest BCUT2D eigenvalue weighted by Gasteiger charge is 2.31. The quantitative estimate of drug-likeness (QED) is 0.850. The maximum Gasteiger partial charge on any atom is 0.0524 e. The number of hydrogen-bond acceptors (Lipinski definition) is 1. The lowest BCUT2D eigenvalue weighted by Gasteiger charge is -2.37. The van der Waals surface area contributed by atoms with Crippen molar-refractivity contribution in [2.45, 2.75) is 33.2 Å². The molecule has 2 heterocycles. The lowest BCUT2D eigenvalue weighted by Crippen LogP contribution is -2.37. The smallest absolute Gasteiger partial charge is 0.0524 e. The summed E-state index contributed by atoms with van der Waals surface area (Å²) < 4.78 is 0. The first-order valence-corrected chi connectivity index (χ1v) is 7.06. The number of nitrogens with one attached hydrogen (secondary N) is 1. The van der Waals surface area contributed by atoms with Crippen molar-refractivity contribution in [3.8, 4) is 0 Å². The highest BCUT2D eigenvalue weighted by Crippen LogP contribution is 2.37. The van der Waals surface area contributed by atoms with E-state index < -0.39 is 0 Å². The average molecular weight is 242 g/mol. The molecule has 1 N–H and O–H groups in total. The van der Waals surface area contributed by atoms with Gasteiger partial charge in [0.2, 0.25) is 0 Å². The van der Waals surface area contributed by atoms with E-state index in [4.69, 9.17) is 0 Å². The summed E-state index contributed by atoms with van der Waals surface area (Å²) in [5, 5.41) is 1.42. The molecule has 18 heavy (non-hydrogen) atoms. The first-order valence-electron chi connectivity index (χ1n) is 7.06. The van der Waals surface area contributed by atoms with E-state index in [1.165, 1.54) is 29.6 Å². The highest BCUT2D eigenvalue weighted by atomic mass is 15.2. The fourth-order valence-corrected chi connectivity index (χ4v) is 3.43. The van der Waals surface area contributed by atoms with Gasteiger partial charge in [-0.25, -0.2) is 0 Å². The van der Waals surface area contributed by atoms with E-state index in [0.717, 1.165) is 6.54 Å². The van der Waals surface area contributed by atoms with Crippen LogP contribution in [-0.2, 0) is 6.42 Å². The van der Waals surface area contributed by atoms with Crippen LogP contribution in [0.2, 0.25) is 0 Å². The first-order chi connectivity index (χ1) is 8.72. The Labute approximate surface area is 109 Å². The number of rotatable bonds is 2. The van der Waals surface area contributed by atoms with Crippen LogP contribution in [0.25, 0.3) is 10.9 Å². The lowest BCUT2D eigenvalue weighted by atomic mass is 9.90. The largest absolute Gasteiger partial charge is 0.357 e. The average Bonchev–Trinajstić information content (AvgIpc) is 2.75. The Morgan fingerprint density at radius 1 is 1.33 bits per heavy atom. The van der Waals surface area contributed by atoms with E-state index in [9.17, 15) is 0 Å². The van der Waals surface area contributed by atoms with Crippen molar-refractivity contribution < 1.29 is 0 Å². The Morgan fingerprint density at radius 2 is 2.11 bits per heavy atom. The normalized spacial score (nSPS) is 20.6. The van der Waals surface area contributed by atoms with Gasteiger partial charge in [-0.3, -0.25) is 4.90 Å². The van der Waals surface area contributed by atoms with Crippen LogP contribution >= 0.6 is 0 Å². The third-order valence-electron chi connectivity index (χ3n) is 4.22. The van der Waals surface area contributed by atoms with Crippen LogP contribution in [0, 0.1) is 5.92 Å². The maximum atomic E-state index is 3.67.